The zero-order valence-corrected chi connectivity index (χ0v) is 15.1. The number of hydrogen-bond acceptors (Lipinski definition) is 6. The minimum atomic E-state index is -1.09. The van der Waals surface area contributed by atoms with Crippen LogP contribution in [0.5, 0.6) is 17.2 Å². The molecule has 0 bridgehead atoms. The number of fused-ring (bicyclic) bond motifs is 1. The Morgan fingerprint density at radius 2 is 1.78 bits per heavy atom. The Hall–Kier alpha value is -3.33. The predicted octanol–water partition coefficient (Wildman–Crippen LogP) is 2.29. The number of aromatic carboxylic acids is 1. The average Bonchev–Trinajstić information content (AvgIpc) is 2.67. The molecule has 0 saturated carbocycles. The second-order valence-electron chi connectivity index (χ2n) is 5.49. The Morgan fingerprint density at radius 1 is 1.07 bits per heavy atom. The van der Waals surface area contributed by atoms with E-state index in [4.69, 9.17) is 31.5 Å². The second kappa shape index (κ2) is 7.92. The lowest BCUT2D eigenvalue weighted by Gasteiger charge is -2.19. The van der Waals surface area contributed by atoms with Crippen LogP contribution in [0.25, 0.3) is 0 Å². The van der Waals surface area contributed by atoms with E-state index >= 15 is 0 Å². The van der Waals surface area contributed by atoms with Gasteiger partial charge < -0.3 is 24.6 Å². The Balaban J connectivity index is 1.71. The van der Waals surface area contributed by atoms with Crippen molar-refractivity contribution >= 4 is 34.9 Å². The molecule has 0 unspecified atom stereocenters. The van der Waals surface area contributed by atoms with Gasteiger partial charge in [-0.1, -0.05) is 0 Å². The SMILES string of the molecule is COc1ccc(C(=O)O)cc1NC(=S)NC(=O)c1ccc2c(c1)OCCO2. The van der Waals surface area contributed by atoms with Crippen LogP contribution in [0.4, 0.5) is 5.69 Å². The smallest absolute Gasteiger partial charge is 0.335 e. The van der Waals surface area contributed by atoms with E-state index in [0.29, 0.717) is 41.7 Å². The average molecular weight is 388 g/mol. The number of benzene rings is 2. The number of nitrogens with one attached hydrogen (secondary N) is 2. The number of carboxylic acid groups (broad SMARTS) is 1. The van der Waals surface area contributed by atoms with E-state index in [-0.39, 0.29) is 10.7 Å². The Bertz CT molecular complexity index is 915. The molecule has 3 rings (SSSR count). The molecule has 2 aromatic carbocycles. The van der Waals surface area contributed by atoms with Gasteiger partial charge in [0.25, 0.3) is 5.91 Å². The molecule has 8 nitrogen and oxygen atoms in total. The van der Waals surface area contributed by atoms with Gasteiger partial charge in [-0.15, -0.1) is 0 Å². The molecule has 0 spiro atoms. The van der Waals surface area contributed by atoms with Crippen molar-refractivity contribution in [3.05, 3.63) is 47.5 Å². The van der Waals surface area contributed by atoms with Crippen molar-refractivity contribution in [1.29, 1.82) is 0 Å². The fourth-order valence-corrected chi connectivity index (χ4v) is 2.65. The lowest BCUT2D eigenvalue weighted by Crippen LogP contribution is -2.34. The van der Waals surface area contributed by atoms with Crippen molar-refractivity contribution in [2.45, 2.75) is 0 Å². The van der Waals surface area contributed by atoms with E-state index in [1.807, 2.05) is 0 Å². The summed E-state index contributed by atoms with van der Waals surface area (Å²) in [6.45, 7) is 0.877. The molecule has 0 fully saturated rings. The standard InChI is InChI=1S/C18H16N2O6S/c1-24-13-4-3-11(17(22)23)8-12(13)19-18(27)20-16(21)10-2-5-14-15(9-10)26-7-6-25-14/h2-5,8-9H,6-7H2,1H3,(H,22,23)(H2,19,20,21,27). The first-order valence-electron chi connectivity index (χ1n) is 7.91. The normalized spacial score (nSPS) is 12.0. The summed E-state index contributed by atoms with van der Waals surface area (Å²) >= 11 is 5.15. The van der Waals surface area contributed by atoms with Crippen molar-refractivity contribution in [3.63, 3.8) is 0 Å². The summed E-state index contributed by atoms with van der Waals surface area (Å²) in [5, 5.41) is 14.4. The second-order valence-corrected chi connectivity index (χ2v) is 5.90. The van der Waals surface area contributed by atoms with E-state index in [2.05, 4.69) is 10.6 Å². The number of carboxylic acids is 1. The number of amides is 1. The van der Waals surface area contributed by atoms with Crippen molar-refractivity contribution < 1.29 is 28.9 Å². The number of rotatable bonds is 4. The molecule has 0 saturated heterocycles. The summed E-state index contributed by atoms with van der Waals surface area (Å²) in [6.07, 6.45) is 0. The number of carbonyl (C=O) groups excluding carboxylic acids is 1. The highest BCUT2D eigenvalue weighted by molar-refractivity contribution is 7.80. The predicted molar refractivity (Wildman–Crippen MR) is 101 cm³/mol. The largest absolute Gasteiger partial charge is 0.495 e. The Kier molecular flexibility index (Phi) is 5.41. The summed E-state index contributed by atoms with van der Waals surface area (Å²) < 4.78 is 16.0. The molecule has 27 heavy (non-hydrogen) atoms. The molecule has 1 aliphatic heterocycles. The van der Waals surface area contributed by atoms with Gasteiger partial charge >= 0.3 is 5.97 Å². The molecule has 1 heterocycles. The van der Waals surface area contributed by atoms with Crippen LogP contribution in [0.2, 0.25) is 0 Å². The Labute approximate surface area is 160 Å². The molecule has 0 atom stereocenters. The molecular formula is C18H16N2O6S. The van der Waals surface area contributed by atoms with Gasteiger partial charge in [-0.3, -0.25) is 10.1 Å². The van der Waals surface area contributed by atoms with Gasteiger partial charge in [0.05, 0.1) is 18.4 Å². The van der Waals surface area contributed by atoms with Gasteiger partial charge in [-0.2, -0.15) is 0 Å². The van der Waals surface area contributed by atoms with Crippen molar-refractivity contribution in [3.8, 4) is 17.2 Å². The van der Waals surface area contributed by atoms with Crippen LogP contribution in [0.15, 0.2) is 36.4 Å². The molecule has 1 amide bonds. The molecule has 3 N–H and O–H groups in total. The lowest BCUT2D eigenvalue weighted by molar-refractivity contribution is 0.0696. The van der Waals surface area contributed by atoms with Crippen LogP contribution in [0.3, 0.4) is 0 Å². The highest BCUT2D eigenvalue weighted by Crippen LogP contribution is 2.30. The maximum Gasteiger partial charge on any atom is 0.335 e. The highest BCUT2D eigenvalue weighted by Gasteiger charge is 2.16. The lowest BCUT2D eigenvalue weighted by atomic mass is 10.2. The van der Waals surface area contributed by atoms with Crippen LogP contribution in [-0.4, -0.2) is 42.4 Å². The fourth-order valence-electron chi connectivity index (χ4n) is 2.45. The third-order valence-corrected chi connectivity index (χ3v) is 3.93. The van der Waals surface area contributed by atoms with E-state index in [0.717, 1.165) is 0 Å². The molecular weight excluding hydrogens is 372 g/mol. The zero-order chi connectivity index (χ0) is 19.4. The van der Waals surface area contributed by atoms with E-state index < -0.39 is 11.9 Å². The van der Waals surface area contributed by atoms with E-state index in [1.165, 1.54) is 25.3 Å². The topological polar surface area (TPSA) is 106 Å². The number of thiocarbonyl (C=S) groups is 1. The van der Waals surface area contributed by atoms with Gasteiger partial charge in [0, 0.05) is 5.56 Å². The molecule has 1 aliphatic rings. The zero-order valence-electron chi connectivity index (χ0n) is 14.3. The van der Waals surface area contributed by atoms with E-state index in [1.54, 1.807) is 18.2 Å². The maximum absolute atomic E-state index is 12.4. The monoisotopic (exact) mass is 388 g/mol. The van der Waals surface area contributed by atoms with Crippen LogP contribution in [0.1, 0.15) is 20.7 Å². The molecule has 9 heteroatoms. The maximum atomic E-state index is 12.4. The molecule has 140 valence electrons. The van der Waals surface area contributed by atoms with Gasteiger partial charge in [-0.05, 0) is 48.6 Å². The van der Waals surface area contributed by atoms with Gasteiger partial charge in [0.15, 0.2) is 16.6 Å². The van der Waals surface area contributed by atoms with Crippen LogP contribution < -0.4 is 24.8 Å². The first-order chi connectivity index (χ1) is 13.0. The van der Waals surface area contributed by atoms with E-state index in [9.17, 15) is 9.59 Å². The minimum Gasteiger partial charge on any atom is -0.495 e. The van der Waals surface area contributed by atoms with Crippen molar-refractivity contribution in [2.75, 3.05) is 25.6 Å². The third-order valence-electron chi connectivity index (χ3n) is 3.73. The summed E-state index contributed by atoms with van der Waals surface area (Å²) in [4.78, 5) is 23.5. The summed E-state index contributed by atoms with van der Waals surface area (Å²) in [6, 6.07) is 9.08. The molecule has 0 radical (unpaired) electrons. The van der Waals surface area contributed by atoms with Crippen molar-refractivity contribution in [1.82, 2.24) is 5.32 Å². The summed E-state index contributed by atoms with van der Waals surface area (Å²) in [5.74, 6) is -0.0852. The first kappa shape index (κ1) is 18.5. The van der Waals surface area contributed by atoms with Crippen LogP contribution in [0, 0.1) is 0 Å². The summed E-state index contributed by atoms with van der Waals surface area (Å²) in [5.41, 5.74) is 0.721. The quantitative estimate of drug-likeness (QED) is 0.685. The van der Waals surface area contributed by atoms with Gasteiger partial charge in [-0.25, -0.2) is 4.79 Å². The number of hydrogen-bond donors (Lipinski definition) is 3. The van der Waals surface area contributed by atoms with Crippen LogP contribution in [-0.2, 0) is 0 Å². The minimum absolute atomic E-state index is 0.00396. The molecule has 2 aromatic rings. The number of ether oxygens (including phenoxy) is 3. The molecule has 0 aliphatic carbocycles. The first-order valence-corrected chi connectivity index (χ1v) is 8.32. The number of carbonyl (C=O) groups is 2. The number of anilines is 1. The molecule has 0 aromatic heterocycles. The third kappa shape index (κ3) is 4.26. The fraction of sp³-hybridized carbons (Fsp3) is 0.167. The Morgan fingerprint density at radius 3 is 2.48 bits per heavy atom. The number of methoxy groups -OCH3 is 1. The highest BCUT2D eigenvalue weighted by atomic mass is 32.1. The summed E-state index contributed by atoms with van der Waals surface area (Å²) in [7, 11) is 1.44. The van der Waals surface area contributed by atoms with Crippen molar-refractivity contribution in [2.24, 2.45) is 0 Å². The van der Waals surface area contributed by atoms with Crippen LogP contribution >= 0.6 is 12.2 Å². The van der Waals surface area contributed by atoms with Gasteiger partial charge in [0.1, 0.15) is 19.0 Å². The van der Waals surface area contributed by atoms with Gasteiger partial charge in [0.2, 0.25) is 0 Å².